The second-order valence-electron chi connectivity index (χ2n) is 8.23. The Bertz CT molecular complexity index is 1300. The minimum Gasteiger partial charge on any atom is -0.293 e. The van der Waals surface area contributed by atoms with E-state index in [1.54, 1.807) is 17.0 Å². The van der Waals surface area contributed by atoms with Gasteiger partial charge in [0.15, 0.2) is 5.71 Å². The average molecular weight is 481 g/mol. The second-order valence-corrected chi connectivity index (χ2v) is 9.18. The molecule has 1 aliphatic heterocycles. The van der Waals surface area contributed by atoms with Gasteiger partial charge in [-0.05, 0) is 28.6 Å². The highest BCUT2D eigenvalue weighted by Crippen LogP contribution is 2.30. The monoisotopic (exact) mass is 480 g/mol. The van der Waals surface area contributed by atoms with Crippen molar-refractivity contribution in [2.24, 2.45) is 5.10 Å². The summed E-state index contributed by atoms with van der Waals surface area (Å²) in [6.45, 7) is 1.75. The number of carbonyl (C=O) groups excluding carboxylic acids is 2. The van der Waals surface area contributed by atoms with Gasteiger partial charge in [-0.3, -0.25) is 19.4 Å². The van der Waals surface area contributed by atoms with E-state index in [2.05, 4.69) is 39.7 Å². The number of anilines is 1. The maximum absolute atomic E-state index is 13.5. The second kappa shape index (κ2) is 10.5. The summed E-state index contributed by atoms with van der Waals surface area (Å²) in [4.78, 5) is 30.4. The van der Waals surface area contributed by atoms with Crippen molar-refractivity contribution in [3.05, 3.63) is 124 Å². The zero-order valence-electron chi connectivity index (χ0n) is 19.0. The minimum absolute atomic E-state index is 0.233. The molecule has 3 aromatic carbocycles. The van der Waals surface area contributed by atoms with Crippen LogP contribution in [0.1, 0.15) is 26.4 Å². The Morgan fingerprint density at radius 2 is 1.46 bits per heavy atom. The van der Waals surface area contributed by atoms with Crippen LogP contribution in [0.2, 0.25) is 0 Å². The first kappa shape index (κ1) is 22.7. The van der Waals surface area contributed by atoms with Crippen molar-refractivity contribution in [3.8, 4) is 0 Å². The molecule has 35 heavy (non-hydrogen) atoms. The normalized spacial score (nSPS) is 13.9. The Balaban J connectivity index is 1.41. The number of rotatable bonds is 8. The van der Waals surface area contributed by atoms with Gasteiger partial charge in [0.1, 0.15) is 0 Å². The summed E-state index contributed by atoms with van der Waals surface area (Å²) >= 11 is 1.33. The van der Waals surface area contributed by atoms with Crippen LogP contribution >= 0.6 is 11.3 Å². The van der Waals surface area contributed by atoms with Crippen molar-refractivity contribution >= 4 is 34.6 Å². The molecule has 1 aliphatic rings. The van der Waals surface area contributed by atoms with E-state index in [1.165, 1.54) is 22.5 Å². The average Bonchev–Trinajstić information content (AvgIpc) is 3.52. The lowest BCUT2D eigenvalue weighted by Crippen LogP contribution is -2.41. The van der Waals surface area contributed by atoms with Crippen LogP contribution in [0.4, 0.5) is 5.69 Å². The molecule has 2 amide bonds. The molecule has 0 unspecified atom stereocenters. The number of hydrogen-bond donors (Lipinski definition) is 1. The fraction of sp³-hybridized carbons (Fsp3) is 0.107. The lowest BCUT2D eigenvalue weighted by Gasteiger charge is -2.28. The number of amides is 2. The fourth-order valence-corrected chi connectivity index (χ4v) is 4.73. The van der Waals surface area contributed by atoms with Crippen molar-refractivity contribution in [3.63, 3.8) is 0 Å². The first-order valence-corrected chi connectivity index (χ1v) is 12.2. The van der Waals surface area contributed by atoms with Gasteiger partial charge in [-0.2, -0.15) is 5.10 Å². The van der Waals surface area contributed by atoms with Crippen LogP contribution < -0.4 is 10.3 Å². The van der Waals surface area contributed by atoms with E-state index in [-0.39, 0.29) is 17.5 Å². The maximum atomic E-state index is 13.5. The summed E-state index contributed by atoms with van der Waals surface area (Å²) < 4.78 is 0. The van der Waals surface area contributed by atoms with Gasteiger partial charge in [-0.25, -0.2) is 5.43 Å². The van der Waals surface area contributed by atoms with Crippen LogP contribution in [0.5, 0.6) is 0 Å². The molecule has 0 atom stereocenters. The van der Waals surface area contributed by atoms with E-state index in [4.69, 9.17) is 0 Å². The van der Waals surface area contributed by atoms with E-state index in [0.29, 0.717) is 30.2 Å². The van der Waals surface area contributed by atoms with Gasteiger partial charge in [0, 0.05) is 18.7 Å². The first-order valence-electron chi connectivity index (χ1n) is 11.3. The molecule has 0 bridgehead atoms. The molecule has 0 fully saturated rings. The molecule has 174 valence electrons. The number of nitrogens with zero attached hydrogens (tertiary/aromatic N) is 3. The number of benzene rings is 3. The highest BCUT2D eigenvalue weighted by Gasteiger charge is 2.35. The Hall–Kier alpha value is -4.07. The van der Waals surface area contributed by atoms with Gasteiger partial charge < -0.3 is 0 Å². The molecule has 4 aromatic rings. The summed E-state index contributed by atoms with van der Waals surface area (Å²) in [6.07, 6.45) is 0. The van der Waals surface area contributed by atoms with Crippen molar-refractivity contribution in [2.75, 3.05) is 11.6 Å². The molecule has 2 heterocycles. The van der Waals surface area contributed by atoms with Crippen LogP contribution in [0.25, 0.3) is 0 Å². The highest BCUT2D eigenvalue weighted by molar-refractivity contribution is 7.12. The molecule has 0 radical (unpaired) electrons. The largest absolute Gasteiger partial charge is 0.293 e. The predicted octanol–water partition coefficient (Wildman–Crippen LogP) is 4.89. The van der Waals surface area contributed by atoms with Crippen molar-refractivity contribution in [2.45, 2.75) is 13.1 Å². The van der Waals surface area contributed by atoms with Gasteiger partial charge in [0.25, 0.3) is 11.8 Å². The highest BCUT2D eigenvalue weighted by atomic mass is 32.1. The van der Waals surface area contributed by atoms with Gasteiger partial charge >= 0.3 is 0 Å². The first-order chi connectivity index (χ1) is 17.2. The number of hydrazone groups is 1. The molecular formula is C28H24N4O2S. The molecule has 1 aromatic heterocycles. The predicted molar refractivity (Wildman–Crippen MR) is 139 cm³/mol. The summed E-state index contributed by atoms with van der Waals surface area (Å²) in [5, 5.41) is 6.07. The SMILES string of the molecule is O=C(NN=C1C(=O)N(CN(Cc2ccccc2)Cc2ccccc2)c2ccccc21)c1cccs1. The van der Waals surface area contributed by atoms with Gasteiger partial charge in [0.2, 0.25) is 0 Å². The molecule has 0 spiro atoms. The van der Waals surface area contributed by atoms with Crippen LogP contribution in [-0.4, -0.2) is 29.1 Å². The quantitative estimate of drug-likeness (QED) is 0.365. The van der Waals surface area contributed by atoms with Crippen molar-refractivity contribution in [1.29, 1.82) is 0 Å². The molecule has 0 saturated carbocycles. The van der Waals surface area contributed by atoms with E-state index >= 15 is 0 Å². The Morgan fingerprint density at radius 3 is 2.09 bits per heavy atom. The van der Waals surface area contributed by atoms with Crippen LogP contribution in [0, 0.1) is 0 Å². The zero-order chi connectivity index (χ0) is 24.0. The van der Waals surface area contributed by atoms with Gasteiger partial charge in [-0.1, -0.05) is 84.9 Å². The minimum atomic E-state index is -0.328. The number of fused-ring (bicyclic) bond motifs is 1. The number of carbonyl (C=O) groups is 2. The van der Waals surface area contributed by atoms with Crippen molar-refractivity contribution in [1.82, 2.24) is 10.3 Å². The topological polar surface area (TPSA) is 65.0 Å². The third-order valence-corrected chi connectivity index (χ3v) is 6.62. The lowest BCUT2D eigenvalue weighted by molar-refractivity contribution is -0.112. The smallest absolute Gasteiger partial charge is 0.281 e. The zero-order valence-corrected chi connectivity index (χ0v) is 19.8. The molecule has 0 saturated heterocycles. The van der Waals surface area contributed by atoms with Crippen LogP contribution in [-0.2, 0) is 17.9 Å². The number of para-hydroxylation sites is 1. The van der Waals surface area contributed by atoms with E-state index in [9.17, 15) is 9.59 Å². The lowest BCUT2D eigenvalue weighted by atomic mass is 10.1. The molecule has 0 aliphatic carbocycles. The Kier molecular flexibility index (Phi) is 6.79. The molecule has 6 nitrogen and oxygen atoms in total. The van der Waals surface area contributed by atoms with E-state index in [1.807, 2.05) is 66.0 Å². The summed E-state index contributed by atoms with van der Waals surface area (Å²) in [5.74, 6) is -0.560. The third-order valence-electron chi connectivity index (χ3n) is 5.75. The van der Waals surface area contributed by atoms with E-state index < -0.39 is 0 Å². The molecular weight excluding hydrogens is 456 g/mol. The molecule has 5 rings (SSSR count). The number of hydrogen-bond acceptors (Lipinski definition) is 5. The van der Waals surface area contributed by atoms with E-state index in [0.717, 1.165) is 5.69 Å². The number of thiophene rings is 1. The summed E-state index contributed by atoms with van der Waals surface area (Å²) in [5.41, 5.74) is 6.62. The van der Waals surface area contributed by atoms with Gasteiger partial charge in [0.05, 0.1) is 17.2 Å². The summed E-state index contributed by atoms with van der Waals surface area (Å²) in [6, 6.07) is 31.5. The standard InChI is InChI=1S/C28H24N4O2S/c33-27(25-16-9-17-35-25)30-29-26-23-14-7-8-15-24(23)32(28(26)34)20-31(18-21-10-3-1-4-11-21)19-22-12-5-2-6-13-22/h1-17H,18-20H2,(H,30,33). The van der Waals surface area contributed by atoms with Gasteiger partial charge in [-0.15, -0.1) is 11.3 Å². The van der Waals surface area contributed by atoms with Crippen molar-refractivity contribution < 1.29 is 9.59 Å². The Morgan fingerprint density at radius 1 is 0.829 bits per heavy atom. The molecule has 7 heteroatoms. The maximum Gasteiger partial charge on any atom is 0.281 e. The Labute approximate surface area is 208 Å². The van der Waals surface area contributed by atoms with Crippen LogP contribution in [0.15, 0.2) is 108 Å². The third kappa shape index (κ3) is 5.21. The fourth-order valence-electron chi connectivity index (χ4n) is 4.12. The number of nitrogens with one attached hydrogen (secondary N) is 1. The molecule has 1 N–H and O–H groups in total. The van der Waals surface area contributed by atoms with Crippen LogP contribution in [0.3, 0.4) is 0 Å². The summed E-state index contributed by atoms with van der Waals surface area (Å²) in [7, 11) is 0.